The number of aromatic hydroxyl groups is 1. The van der Waals surface area contributed by atoms with Crippen LogP contribution < -0.4 is 10.6 Å². The van der Waals surface area contributed by atoms with Gasteiger partial charge in [0.2, 0.25) is 11.8 Å². The number of terminal acetylenes is 1. The molecule has 290 valence electrons. The lowest BCUT2D eigenvalue weighted by molar-refractivity contribution is -0.159. The lowest BCUT2D eigenvalue weighted by Gasteiger charge is -2.39. The Labute approximate surface area is 321 Å². The summed E-state index contributed by atoms with van der Waals surface area (Å²) < 4.78 is 11.4. The number of phenols is 1. The number of amides is 3. The van der Waals surface area contributed by atoms with Gasteiger partial charge in [-0.1, -0.05) is 80.4 Å². The maximum Gasteiger partial charge on any atom is 0.408 e. The second-order valence-electron chi connectivity index (χ2n) is 16.1. The molecule has 4 atom stereocenters. The van der Waals surface area contributed by atoms with Crippen LogP contribution in [0, 0.1) is 18.3 Å². The Morgan fingerprint density at radius 3 is 1.87 bits per heavy atom. The van der Waals surface area contributed by atoms with E-state index in [1.54, 1.807) is 77.9 Å². The first kappa shape index (κ1) is 43.1. The summed E-state index contributed by atoms with van der Waals surface area (Å²) in [5.74, 6) is 1.16. The Morgan fingerprint density at radius 2 is 1.30 bits per heavy atom. The van der Waals surface area contributed by atoms with Gasteiger partial charge >= 0.3 is 12.1 Å². The van der Waals surface area contributed by atoms with E-state index in [4.69, 9.17) is 15.9 Å². The van der Waals surface area contributed by atoms with Gasteiger partial charge in [-0.25, -0.2) is 9.59 Å². The third-order valence-corrected chi connectivity index (χ3v) is 8.48. The smallest absolute Gasteiger partial charge is 0.408 e. The molecule has 0 aliphatic carbocycles. The number of rotatable bonds is 15. The minimum atomic E-state index is -1.32. The zero-order valence-electron chi connectivity index (χ0n) is 33.1. The number of hydrogen-bond donors (Lipinski definition) is 3. The Kier molecular flexibility index (Phi) is 15.3. The van der Waals surface area contributed by atoms with Crippen molar-refractivity contribution in [2.45, 2.75) is 123 Å². The molecule has 3 rings (SSSR count). The van der Waals surface area contributed by atoms with Crippen molar-refractivity contribution in [1.29, 1.82) is 0 Å². The molecule has 54 heavy (non-hydrogen) atoms. The first-order valence-corrected chi connectivity index (χ1v) is 18.5. The minimum absolute atomic E-state index is 0.0193. The molecule has 3 amide bonds. The Hall–Kier alpha value is -5.30. The molecule has 4 unspecified atom stereocenters. The number of ether oxygens (including phenoxy) is 2. The standard InChI is InChI=1S/C44H57N3O7/c1-11-33-19-15-16-20-35(33)38(39(49)45-37(41(51)53-43(5,6)7)28-31-17-13-12-14-18-31)47(30(4)22-21-29(2)3)40(50)36(46-42(52)54-44(8,9)10)27-32-23-25-34(48)26-24-32/h1,12-20,23-26,29-30,36-38,48H,21-22,27-28H2,2-10H3,(H,45,49)(H,46,52). The third kappa shape index (κ3) is 13.6. The van der Waals surface area contributed by atoms with Gasteiger partial charge in [0.05, 0.1) is 0 Å². The van der Waals surface area contributed by atoms with Gasteiger partial charge in [0.1, 0.15) is 35.1 Å². The highest BCUT2D eigenvalue weighted by Gasteiger charge is 2.41. The van der Waals surface area contributed by atoms with E-state index in [0.717, 1.165) is 12.0 Å². The molecular formula is C44H57N3O7. The van der Waals surface area contributed by atoms with Crippen molar-refractivity contribution in [2.75, 3.05) is 0 Å². The highest BCUT2D eigenvalue weighted by Crippen LogP contribution is 2.31. The molecule has 10 heteroatoms. The number of phenolic OH excluding ortho intramolecular Hbond substituents is 1. The quantitative estimate of drug-likeness (QED) is 0.110. The van der Waals surface area contributed by atoms with Crippen LogP contribution in [-0.4, -0.2) is 63.2 Å². The van der Waals surface area contributed by atoms with E-state index >= 15 is 4.79 Å². The van der Waals surface area contributed by atoms with Crippen molar-refractivity contribution in [2.24, 2.45) is 5.92 Å². The molecule has 0 aliphatic heterocycles. The maximum atomic E-state index is 15.2. The number of nitrogens with zero attached hydrogens (tertiary/aromatic N) is 1. The molecular weight excluding hydrogens is 682 g/mol. The summed E-state index contributed by atoms with van der Waals surface area (Å²) in [6.07, 6.45) is 6.59. The van der Waals surface area contributed by atoms with Crippen molar-refractivity contribution >= 4 is 23.9 Å². The van der Waals surface area contributed by atoms with Crippen LogP contribution in [0.25, 0.3) is 0 Å². The number of nitrogens with one attached hydrogen (secondary N) is 2. The molecule has 3 N–H and O–H groups in total. The van der Waals surface area contributed by atoms with Gasteiger partial charge in [-0.15, -0.1) is 6.42 Å². The average Bonchev–Trinajstić information content (AvgIpc) is 3.08. The fraction of sp³-hybridized carbons (Fsp3) is 0.455. The monoisotopic (exact) mass is 739 g/mol. The predicted molar refractivity (Wildman–Crippen MR) is 210 cm³/mol. The highest BCUT2D eigenvalue weighted by atomic mass is 16.6. The Bertz CT molecular complexity index is 1750. The van der Waals surface area contributed by atoms with Gasteiger partial charge < -0.3 is 30.1 Å². The molecule has 3 aromatic rings. The van der Waals surface area contributed by atoms with E-state index in [-0.39, 0.29) is 24.5 Å². The van der Waals surface area contributed by atoms with Crippen LogP contribution in [0.3, 0.4) is 0 Å². The van der Waals surface area contributed by atoms with Gasteiger partial charge in [-0.05, 0) is 102 Å². The van der Waals surface area contributed by atoms with Crippen molar-refractivity contribution in [1.82, 2.24) is 15.5 Å². The predicted octanol–water partition coefficient (Wildman–Crippen LogP) is 7.27. The van der Waals surface area contributed by atoms with Crippen molar-refractivity contribution in [3.63, 3.8) is 0 Å². The summed E-state index contributed by atoms with van der Waals surface area (Å²) in [4.78, 5) is 58.7. The molecule has 0 radical (unpaired) electrons. The second kappa shape index (κ2) is 19.2. The second-order valence-corrected chi connectivity index (χ2v) is 16.1. The first-order chi connectivity index (χ1) is 25.3. The third-order valence-electron chi connectivity index (χ3n) is 8.48. The summed E-state index contributed by atoms with van der Waals surface area (Å²) in [6, 6.07) is 18.3. The first-order valence-electron chi connectivity index (χ1n) is 18.5. The summed E-state index contributed by atoms with van der Waals surface area (Å²) in [5.41, 5.74) is 0.514. The largest absolute Gasteiger partial charge is 0.508 e. The number of esters is 1. The summed E-state index contributed by atoms with van der Waals surface area (Å²) in [5, 5.41) is 15.7. The van der Waals surface area contributed by atoms with E-state index in [1.165, 1.54) is 17.0 Å². The number of carbonyl (C=O) groups is 4. The normalized spacial score (nSPS) is 13.8. The van der Waals surface area contributed by atoms with Gasteiger partial charge in [0.15, 0.2) is 0 Å². The van der Waals surface area contributed by atoms with Crippen LogP contribution in [0.15, 0.2) is 78.9 Å². The van der Waals surface area contributed by atoms with Crippen LogP contribution in [0.5, 0.6) is 5.75 Å². The summed E-state index contributed by atoms with van der Waals surface area (Å²) in [6.45, 7) is 16.4. The lowest BCUT2D eigenvalue weighted by atomic mass is 9.93. The molecule has 0 fully saturated rings. The SMILES string of the molecule is C#Cc1ccccc1C(C(=O)NC(Cc1ccccc1)C(=O)OC(C)(C)C)N(C(=O)C(Cc1ccc(O)cc1)NC(=O)OC(C)(C)C)C(C)CCC(C)C. The van der Waals surface area contributed by atoms with E-state index < -0.39 is 59.2 Å². The molecule has 10 nitrogen and oxygen atoms in total. The number of benzene rings is 3. The van der Waals surface area contributed by atoms with E-state index in [2.05, 4.69) is 30.4 Å². The maximum absolute atomic E-state index is 15.2. The molecule has 0 aromatic heterocycles. The van der Waals surface area contributed by atoms with E-state index in [1.807, 2.05) is 37.3 Å². The molecule has 0 heterocycles. The van der Waals surface area contributed by atoms with Crippen LogP contribution in [0.4, 0.5) is 4.79 Å². The molecule has 0 spiro atoms. The van der Waals surface area contributed by atoms with Gasteiger partial charge in [0.25, 0.3) is 0 Å². The fourth-order valence-corrected chi connectivity index (χ4v) is 5.96. The average molecular weight is 740 g/mol. The highest BCUT2D eigenvalue weighted by molar-refractivity contribution is 5.94. The van der Waals surface area contributed by atoms with Crippen LogP contribution in [-0.2, 0) is 36.7 Å². The van der Waals surface area contributed by atoms with E-state index in [9.17, 15) is 19.5 Å². The zero-order valence-corrected chi connectivity index (χ0v) is 33.1. The van der Waals surface area contributed by atoms with Crippen LogP contribution >= 0.6 is 0 Å². The van der Waals surface area contributed by atoms with Crippen molar-refractivity contribution in [3.05, 3.63) is 101 Å². The topological polar surface area (TPSA) is 134 Å². The number of carbonyl (C=O) groups excluding carboxylic acids is 4. The van der Waals surface area contributed by atoms with Gasteiger partial charge in [-0.3, -0.25) is 9.59 Å². The van der Waals surface area contributed by atoms with E-state index in [0.29, 0.717) is 23.1 Å². The van der Waals surface area contributed by atoms with Crippen LogP contribution in [0.2, 0.25) is 0 Å². The van der Waals surface area contributed by atoms with Crippen molar-refractivity contribution in [3.8, 4) is 18.1 Å². The minimum Gasteiger partial charge on any atom is -0.508 e. The molecule has 0 saturated carbocycles. The van der Waals surface area contributed by atoms with Gasteiger partial charge in [0, 0.05) is 24.4 Å². The molecule has 0 bridgehead atoms. The molecule has 3 aromatic carbocycles. The van der Waals surface area contributed by atoms with Crippen molar-refractivity contribution < 1.29 is 33.8 Å². The van der Waals surface area contributed by atoms with Gasteiger partial charge in [-0.2, -0.15) is 0 Å². The number of hydrogen-bond acceptors (Lipinski definition) is 7. The Balaban J connectivity index is 2.23. The molecule has 0 aliphatic rings. The Morgan fingerprint density at radius 1 is 0.741 bits per heavy atom. The van der Waals surface area contributed by atoms with Crippen LogP contribution in [0.1, 0.15) is 103 Å². The zero-order chi connectivity index (χ0) is 40.2. The summed E-state index contributed by atoms with van der Waals surface area (Å²) >= 11 is 0. The lowest BCUT2D eigenvalue weighted by Crippen LogP contribution is -2.57. The number of alkyl carbamates (subject to hydrolysis) is 1. The molecule has 0 saturated heterocycles. The summed E-state index contributed by atoms with van der Waals surface area (Å²) in [7, 11) is 0. The fourth-order valence-electron chi connectivity index (χ4n) is 5.96.